The number of carbonyl (C=O) groups is 1. The number of aryl methyl sites for hydroxylation is 1. The van der Waals surface area contributed by atoms with E-state index >= 15 is 0 Å². The van der Waals surface area contributed by atoms with Gasteiger partial charge in [0.15, 0.2) is 0 Å². The fourth-order valence-corrected chi connectivity index (χ4v) is 4.31. The molecule has 0 saturated carbocycles. The highest BCUT2D eigenvalue weighted by atomic mass is 32.1. The number of hydrogen-bond donors (Lipinski definition) is 0. The number of amides is 1. The molecule has 1 amide bonds. The van der Waals surface area contributed by atoms with Crippen LogP contribution in [0.15, 0.2) is 11.4 Å². The highest BCUT2D eigenvalue weighted by molar-refractivity contribution is 7.10. The third-order valence-electron chi connectivity index (χ3n) is 4.74. The molecule has 0 aliphatic carbocycles. The Kier molecular flexibility index (Phi) is 3.90. The lowest BCUT2D eigenvalue weighted by Crippen LogP contribution is -2.44. The van der Waals surface area contributed by atoms with E-state index in [9.17, 15) is 4.79 Å². The van der Waals surface area contributed by atoms with Crippen molar-refractivity contribution in [2.45, 2.75) is 39.4 Å². The predicted octanol–water partition coefficient (Wildman–Crippen LogP) is 1.30. The van der Waals surface area contributed by atoms with Crippen molar-refractivity contribution in [2.75, 3.05) is 19.6 Å². The Hall–Kier alpha value is -1.73. The molecule has 4 rings (SSSR count). The maximum absolute atomic E-state index is 12.6. The smallest absolute Gasteiger partial charge is 0.237 e. The van der Waals surface area contributed by atoms with Crippen molar-refractivity contribution >= 4 is 17.2 Å². The quantitative estimate of drug-likeness (QED) is 0.851. The molecule has 0 atom stereocenters. The SMILES string of the molecule is CCc1nnc2n1CCN(CC(=O)N1CCc3sccc3C1)C2. The number of fused-ring (bicyclic) bond motifs is 2. The molecule has 0 saturated heterocycles. The molecule has 4 heterocycles. The molecule has 6 nitrogen and oxygen atoms in total. The Morgan fingerprint density at radius 3 is 3.04 bits per heavy atom. The van der Waals surface area contributed by atoms with Crippen molar-refractivity contribution in [3.8, 4) is 0 Å². The minimum absolute atomic E-state index is 0.227. The van der Waals surface area contributed by atoms with Gasteiger partial charge in [0.2, 0.25) is 5.91 Å². The molecule has 7 heteroatoms. The molecule has 122 valence electrons. The van der Waals surface area contributed by atoms with Crippen LogP contribution in [-0.2, 0) is 37.3 Å². The van der Waals surface area contributed by atoms with Gasteiger partial charge in [0.25, 0.3) is 0 Å². The van der Waals surface area contributed by atoms with Gasteiger partial charge >= 0.3 is 0 Å². The molecule has 0 unspecified atom stereocenters. The van der Waals surface area contributed by atoms with Crippen LogP contribution in [0, 0.1) is 0 Å². The second kappa shape index (κ2) is 6.05. The number of carbonyl (C=O) groups excluding carboxylic acids is 1. The normalized spacial score (nSPS) is 17.9. The summed E-state index contributed by atoms with van der Waals surface area (Å²) in [5, 5.41) is 10.6. The Morgan fingerprint density at radius 2 is 2.17 bits per heavy atom. The molecule has 0 N–H and O–H groups in total. The average molecular weight is 331 g/mol. The van der Waals surface area contributed by atoms with Gasteiger partial charge < -0.3 is 9.47 Å². The number of aromatic nitrogens is 3. The van der Waals surface area contributed by atoms with Crippen LogP contribution in [-0.4, -0.2) is 50.1 Å². The van der Waals surface area contributed by atoms with E-state index in [1.165, 1.54) is 10.4 Å². The molecule has 2 aromatic heterocycles. The van der Waals surface area contributed by atoms with Gasteiger partial charge in [-0.25, -0.2) is 0 Å². The van der Waals surface area contributed by atoms with Crippen LogP contribution in [0.4, 0.5) is 0 Å². The maximum atomic E-state index is 12.6. The average Bonchev–Trinajstić information content (AvgIpc) is 3.19. The van der Waals surface area contributed by atoms with Gasteiger partial charge in [0, 0.05) is 37.5 Å². The van der Waals surface area contributed by atoms with Crippen molar-refractivity contribution in [1.82, 2.24) is 24.6 Å². The zero-order valence-electron chi connectivity index (χ0n) is 13.4. The van der Waals surface area contributed by atoms with E-state index in [4.69, 9.17) is 0 Å². The Morgan fingerprint density at radius 1 is 1.26 bits per heavy atom. The van der Waals surface area contributed by atoms with Crippen LogP contribution in [0.3, 0.4) is 0 Å². The van der Waals surface area contributed by atoms with Crippen LogP contribution < -0.4 is 0 Å². The highest BCUT2D eigenvalue weighted by Crippen LogP contribution is 2.24. The van der Waals surface area contributed by atoms with Gasteiger partial charge in [-0.1, -0.05) is 6.92 Å². The van der Waals surface area contributed by atoms with E-state index in [2.05, 4.69) is 38.0 Å². The number of nitrogens with zero attached hydrogens (tertiary/aromatic N) is 5. The van der Waals surface area contributed by atoms with Crippen molar-refractivity contribution < 1.29 is 4.79 Å². The first-order valence-electron chi connectivity index (χ1n) is 8.21. The Labute approximate surface area is 139 Å². The molecule has 0 radical (unpaired) electrons. The van der Waals surface area contributed by atoms with Crippen molar-refractivity contribution in [3.05, 3.63) is 33.5 Å². The number of thiophene rings is 1. The van der Waals surface area contributed by atoms with Crippen LogP contribution in [0.1, 0.15) is 29.0 Å². The first-order chi connectivity index (χ1) is 11.2. The van der Waals surface area contributed by atoms with E-state index < -0.39 is 0 Å². The third-order valence-corrected chi connectivity index (χ3v) is 5.77. The minimum Gasteiger partial charge on any atom is -0.337 e. The third kappa shape index (κ3) is 2.79. The van der Waals surface area contributed by atoms with E-state index in [1.54, 1.807) is 11.3 Å². The molecular weight excluding hydrogens is 310 g/mol. The van der Waals surface area contributed by atoms with Crippen molar-refractivity contribution in [3.63, 3.8) is 0 Å². The van der Waals surface area contributed by atoms with E-state index in [-0.39, 0.29) is 5.91 Å². The molecule has 2 aliphatic heterocycles. The van der Waals surface area contributed by atoms with Gasteiger partial charge in [-0.2, -0.15) is 0 Å². The van der Waals surface area contributed by atoms with Crippen molar-refractivity contribution in [1.29, 1.82) is 0 Å². The predicted molar refractivity (Wildman–Crippen MR) is 88.1 cm³/mol. The summed E-state index contributed by atoms with van der Waals surface area (Å²) in [5.74, 6) is 2.26. The van der Waals surface area contributed by atoms with E-state index in [0.717, 1.165) is 57.2 Å². The molecule has 2 aromatic rings. The summed E-state index contributed by atoms with van der Waals surface area (Å²) in [6.45, 7) is 6.68. The fraction of sp³-hybridized carbons (Fsp3) is 0.562. The minimum atomic E-state index is 0.227. The van der Waals surface area contributed by atoms with Crippen LogP contribution >= 0.6 is 11.3 Å². The summed E-state index contributed by atoms with van der Waals surface area (Å²) in [6.07, 6.45) is 1.90. The van der Waals surface area contributed by atoms with Gasteiger partial charge in [-0.15, -0.1) is 21.5 Å². The summed E-state index contributed by atoms with van der Waals surface area (Å²) in [6, 6.07) is 2.15. The molecule has 0 fully saturated rings. The summed E-state index contributed by atoms with van der Waals surface area (Å²) in [5.41, 5.74) is 1.32. The van der Waals surface area contributed by atoms with E-state index in [1.807, 2.05) is 4.90 Å². The monoisotopic (exact) mass is 331 g/mol. The molecule has 23 heavy (non-hydrogen) atoms. The largest absolute Gasteiger partial charge is 0.337 e. The van der Waals surface area contributed by atoms with Crippen LogP contribution in [0.5, 0.6) is 0 Å². The molecule has 0 spiro atoms. The lowest BCUT2D eigenvalue weighted by atomic mass is 10.1. The van der Waals surface area contributed by atoms with Crippen molar-refractivity contribution in [2.24, 2.45) is 0 Å². The second-order valence-electron chi connectivity index (χ2n) is 6.18. The van der Waals surface area contributed by atoms with Crippen LogP contribution in [0.25, 0.3) is 0 Å². The van der Waals surface area contributed by atoms with Crippen LogP contribution in [0.2, 0.25) is 0 Å². The number of rotatable bonds is 3. The first-order valence-corrected chi connectivity index (χ1v) is 9.09. The lowest BCUT2D eigenvalue weighted by Gasteiger charge is -2.31. The van der Waals surface area contributed by atoms with Gasteiger partial charge in [0.05, 0.1) is 13.1 Å². The zero-order valence-corrected chi connectivity index (χ0v) is 14.2. The molecule has 2 aliphatic rings. The lowest BCUT2D eigenvalue weighted by molar-refractivity contribution is -0.133. The summed E-state index contributed by atoms with van der Waals surface area (Å²) < 4.78 is 2.19. The van der Waals surface area contributed by atoms with E-state index in [0.29, 0.717) is 6.54 Å². The summed E-state index contributed by atoms with van der Waals surface area (Å²) in [7, 11) is 0. The molecular formula is C16H21N5OS. The van der Waals surface area contributed by atoms with Gasteiger partial charge in [0.1, 0.15) is 11.6 Å². The first kappa shape index (κ1) is 14.8. The topological polar surface area (TPSA) is 54.3 Å². The molecule has 0 aromatic carbocycles. The summed E-state index contributed by atoms with van der Waals surface area (Å²) >= 11 is 1.81. The van der Waals surface area contributed by atoms with Gasteiger partial charge in [-0.3, -0.25) is 9.69 Å². The second-order valence-corrected chi connectivity index (χ2v) is 7.18. The zero-order chi connectivity index (χ0) is 15.8. The number of hydrogen-bond acceptors (Lipinski definition) is 5. The van der Waals surface area contributed by atoms with Gasteiger partial charge in [-0.05, 0) is 23.4 Å². The highest BCUT2D eigenvalue weighted by Gasteiger charge is 2.26. The Balaban J connectivity index is 1.38. The fourth-order valence-electron chi connectivity index (χ4n) is 3.42. The Bertz CT molecular complexity index is 722. The molecule has 0 bridgehead atoms. The standard InChI is InChI=1S/C16H21N5OS/c1-2-14-17-18-15-10-19(6-7-21(14)15)11-16(22)20-5-3-13-12(9-20)4-8-23-13/h4,8H,2-3,5-7,9-11H2,1H3. The maximum Gasteiger partial charge on any atom is 0.237 e. The summed E-state index contributed by atoms with van der Waals surface area (Å²) in [4.78, 5) is 18.2.